The van der Waals surface area contributed by atoms with Crippen LogP contribution in [0.15, 0.2) is 108 Å². The van der Waals surface area contributed by atoms with Gasteiger partial charge in [-0.25, -0.2) is 12.8 Å². The van der Waals surface area contributed by atoms with Crippen LogP contribution in [0, 0.1) is 12.7 Å². The van der Waals surface area contributed by atoms with E-state index in [1.807, 2.05) is 30.3 Å². The van der Waals surface area contributed by atoms with E-state index in [4.69, 9.17) is 11.6 Å². The molecule has 1 saturated carbocycles. The van der Waals surface area contributed by atoms with Gasteiger partial charge in [-0.3, -0.25) is 13.9 Å². The summed E-state index contributed by atoms with van der Waals surface area (Å²) in [5, 5.41) is 3.49. The fraction of sp³-hybridized carbons (Fsp3) is 0.297. The highest BCUT2D eigenvalue weighted by molar-refractivity contribution is 7.92. The molecule has 2 amide bonds. The van der Waals surface area contributed by atoms with Crippen molar-refractivity contribution in [3.63, 3.8) is 0 Å². The number of nitrogens with zero attached hydrogens (tertiary/aromatic N) is 2. The Bertz CT molecular complexity index is 1780. The van der Waals surface area contributed by atoms with Gasteiger partial charge in [0.05, 0.1) is 10.6 Å². The van der Waals surface area contributed by atoms with Gasteiger partial charge in [0.2, 0.25) is 11.8 Å². The number of carbonyl (C=O) groups is 2. The van der Waals surface area contributed by atoms with Crippen molar-refractivity contribution in [1.82, 2.24) is 10.2 Å². The molecule has 0 aliphatic heterocycles. The lowest BCUT2D eigenvalue weighted by Gasteiger charge is -2.35. The fourth-order valence-electron chi connectivity index (χ4n) is 6.01. The molecule has 7 nitrogen and oxygen atoms in total. The van der Waals surface area contributed by atoms with E-state index in [2.05, 4.69) is 5.32 Å². The van der Waals surface area contributed by atoms with Gasteiger partial charge in [0.1, 0.15) is 18.4 Å². The van der Waals surface area contributed by atoms with Crippen molar-refractivity contribution >= 4 is 39.1 Å². The zero-order valence-electron chi connectivity index (χ0n) is 26.3. The Labute approximate surface area is 281 Å². The summed E-state index contributed by atoms with van der Waals surface area (Å²) < 4.78 is 44.6. The Morgan fingerprint density at radius 3 is 2.19 bits per heavy atom. The number of amides is 2. The molecule has 0 radical (unpaired) electrons. The van der Waals surface area contributed by atoms with Gasteiger partial charge in [0.25, 0.3) is 10.0 Å². The number of halogens is 2. The maximum absolute atomic E-state index is 15.2. The molecule has 1 fully saturated rings. The second-order valence-electron chi connectivity index (χ2n) is 11.9. The van der Waals surface area contributed by atoms with E-state index in [1.165, 1.54) is 23.1 Å². The number of hydrogen-bond donors (Lipinski definition) is 1. The molecule has 0 bridgehead atoms. The maximum Gasteiger partial charge on any atom is 0.264 e. The van der Waals surface area contributed by atoms with Gasteiger partial charge in [0, 0.05) is 29.6 Å². The summed E-state index contributed by atoms with van der Waals surface area (Å²) in [5.74, 6) is -1.55. The van der Waals surface area contributed by atoms with E-state index >= 15 is 4.39 Å². The molecule has 5 rings (SSSR count). The van der Waals surface area contributed by atoms with Crippen LogP contribution >= 0.6 is 11.6 Å². The monoisotopic (exact) mass is 675 g/mol. The second kappa shape index (κ2) is 15.6. The summed E-state index contributed by atoms with van der Waals surface area (Å²) in [7, 11) is -4.28. The summed E-state index contributed by atoms with van der Waals surface area (Å²) >= 11 is 6.44. The number of rotatable bonds is 12. The van der Waals surface area contributed by atoms with Gasteiger partial charge < -0.3 is 10.2 Å². The average molecular weight is 676 g/mol. The van der Waals surface area contributed by atoms with Gasteiger partial charge in [-0.2, -0.15) is 0 Å². The van der Waals surface area contributed by atoms with Gasteiger partial charge in [-0.15, -0.1) is 0 Å². The van der Waals surface area contributed by atoms with Crippen LogP contribution in [0.4, 0.5) is 10.1 Å². The standard InChI is InChI=1S/C37H39ClFN3O4S/c1-27-32(38)21-13-23-34(27)42(47(45,46)31-19-9-4-10-20-31)26-36(43)41(25-29-16-11-12-22-33(29)39)35(24-28-14-5-2-6-15-28)37(44)40-30-17-7-3-8-18-30/h2,4-6,9-16,19-23,30,35H,3,7-8,17-18,24-26H2,1H3,(H,40,44)/t35-/m1/s1. The first-order valence-electron chi connectivity index (χ1n) is 15.8. The summed E-state index contributed by atoms with van der Waals surface area (Å²) in [5.41, 5.74) is 1.72. The molecule has 4 aromatic rings. The van der Waals surface area contributed by atoms with Gasteiger partial charge in [-0.05, 0) is 61.2 Å². The van der Waals surface area contributed by atoms with Crippen LogP contribution in [0.5, 0.6) is 0 Å². The molecule has 246 valence electrons. The van der Waals surface area contributed by atoms with Crippen LogP contribution in [-0.2, 0) is 32.6 Å². The first kappa shape index (κ1) is 34.1. The van der Waals surface area contributed by atoms with E-state index in [-0.39, 0.29) is 41.1 Å². The van der Waals surface area contributed by atoms with Gasteiger partial charge in [-0.1, -0.05) is 104 Å². The number of hydrogen-bond acceptors (Lipinski definition) is 4. The third-order valence-corrected chi connectivity index (χ3v) is 10.8. The molecule has 0 heterocycles. The Morgan fingerprint density at radius 2 is 1.51 bits per heavy atom. The SMILES string of the molecule is Cc1c(Cl)cccc1N(CC(=O)N(Cc1ccccc1F)[C@H](Cc1ccccc1)C(=O)NC1CCCCC1)S(=O)(=O)c1ccccc1. The van der Waals surface area contributed by atoms with Gasteiger partial charge >= 0.3 is 0 Å². The quantitative estimate of drug-likeness (QED) is 0.174. The van der Waals surface area contributed by atoms with E-state index in [1.54, 1.807) is 61.5 Å². The first-order chi connectivity index (χ1) is 22.6. The van der Waals surface area contributed by atoms with Crippen LogP contribution in [-0.4, -0.2) is 43.8 Å². The van der Waals surface area contributed by atoms with E-state index < -0.39 is 34.3 Å². The molecule has 0 aromatic heterocycles. The van der Waals surface area contributed by atoms with Gasteiger partial charge in [0.15, 0.2) is 0 Å². The lowest BCUT2D eigenvalue weighted by molar-refractivity contribution is -0.140. The summed E-state index contributed by atoms with van der Waals surface area (Å²) in [6.07, 6.45) is 4.92. The first-order valence-corrected chi connectivity index (χ1v) is 17.7. The Kier molecular flexibility index (Phi) is 11.3. The summed E-state index contributed by atoms with van der Waals surface area (Å²) in [4.78, 5) is 30.1. The van der Waals surface area contributed by atoms with Crippen LogP contribution in [0.3, 0.4) is 0 Å². The predicted molar refractivity (Wildman–Crippen MR) is 183 cm³/mol. The molecule has 10 heteroatoms. The molecule has 47 heavy (non-hydrogen) atoms. The number of anilines is 1. The van der Waals surface area contributed by atoms with Crippen molar-refractivity contribution in [1.29, 1.82) is 0 Å². The Balaban J connectivity index is 1.59. The normalized spacial score (nSPS) is 14.3. The fourth-order valence-corrected chi connectivity index (χ4v) is 7.67. The average Bonchev–Trinajstić information content (AvgIpc) is 3.08. The van der Waals surface area contributed by atoms with Crippen LogP contribution in [0.1, 0.15) is 48.8 Å². The molecule has 0 unspecified atom stereocenters. The molecule has 1 atom stereocenters. The van der Waals surface area contributed by atoms with Crippen LogP contribution in [0.25, 0.3) is 0 Å². The highest BCUT2D eigenvalue weighted by Gasteiger charge is 2.36. The highest BCUT2D eigenvalue weighted by Crippen LogP contribution is 2.31. The minimum Gasteiger partial charge on any atom is -0.352 e. The molecule has 1 aliphatic rings. The third kappa shape index (κ3) is 8.39. The molecule has 0 spiro atoms. The third-order valence-electron chi connectivity index (χ3n) is 8.64. The predicted octanol–water partition coefficient (Wildman–Crippen LogP) is 7.07. The molecule has 1 N–H and O–H groups in total. The maximum atomic E-state index is 15.2. The van der Waals surface area contributed by atoms with Crippen molar-refractivity contribution in [2.24, 2.45) is 0 Å². The zero-order chi connectivity index (χ0) is 33.4. The number of carbonyl (C=O) groups excluding carboxylic acids is 2. The van der Waals surface area contributed by atoms with Crippen molar-refractivity contribution in [2.45, 2.75) is 69.0 Å². The van der Waals surface area contributed by atoms with Crippen LogP contribution < -0.4 is 9.62 Å². The zero-order valence-corrected chi connectivity index (χ0v) is 27.9. The summed E-state index contributed by atoms with van der Waals surface area (Å²) in [6, 6.07) is 27.0. The van der Waals surface area contributed by atoms with E-state index in [9.17, 15) is 18.0 Å². The summed E-state index contributed by atoms with van der Waals surface area (Å²) in [6.45, 7) is 0.798. The minimum atomic E-state index is -4.28. The topological polar surface area (TPSA) is 86.8 Å². The molecular formula is C37H39ClFN3O4S. The Hall–Kier alpha value is -4.21. The van der Waals surface area contributed by atoms with Crippen molar-refractivity contribution in [3.8, 4) is 0 Å². The largest absolute Gasteiger partial charge is 0.352 e. The second-order valence-corrected chi connectivity index (χ2v) is 14.1. The van der Waals surface area contributed by atoms with Crippen LogP contribution in [0.2, 0.25) is 5.02 Å². The Morgan fingerprint density at radius 1 is 0.872 bits per heavy atom. The highest BCUT2D eigenvalue weighted by atomic mass is 35.5. The smallest absolute Gasteiger partial charge is 0.264 e. The number of sulfonamides is 1. The lowest BCUT2D eigenvalue weighted by Crippen LogP contribution is -2.55. The number of benzene rings is 4. The van der Waals surface area contributed by atoms with Crippen molar-refractivity contribution in [3.05, 3.63) is 131 Å². The number of nitrogens with one attached hydrogen (secondary N) is 1. The molecular weight excluding hydrogens is 637 g/mol. The van der Waals surface area contributed by atoms with E-state index in [0.717, 1.165) is 42.0 Å². The van der Waals surface area contributed by atoms with E-state index in [0.29, 0.717) is 10.6 Å². The lowest BCUT2D eigenvalue weighted by atomic mass is 9.94. The van der Waals surface area contributed by atoms with Crippen molar-refractivity contribution < 1.29 is 22.4 Å². The minimum absolute atomic E-state index is 0.0105. The molecule has 1 aliphatic carbocycles. The molecule has 0 saturated heterocycles. The molecule has 4 aromatic carbocycles. The van der Waals surface area contributed by atoms with Crippen molar-refractivity contribution in [2.75, 3.05) is 10.8 Å².